The van der Waals surface area contributed by atoms with Gasteiger partial charge >= 0.3 is 0 Å². The van der Waals surface area contributed by atoms with Crippen LogP contribution in [0.1, 0.15) is 11.1 Å². The molecule has 0 saturated carbocycles. The van der Waals surface area contributed by atoms with Crippen molar-refractivity contribution in [3.8, 4) is 5.75 Å². The fourth-order valence-electron chi connectivity index (χ4n) is 2.81. The van der Waals surface area contributed by atoms with E-state index in [2.05, 4.69) is 22.8 Å². The lowest BCUT2D eigenvalue weighted by Gasteiger charge is -2.09. The number of hydrogen-bond donors (Lipinski definition) is 2. The third-order valence-corrected chi connectivity index (χ3v) is 4.35. The van der Waals surface area contributed by atoms with Crippen LogP contribution in [0.5, 0.6) is 5.75 Å². The van der Waals surface area contributed by atoms with Gasteiger partial charge in [0, 0.05) is 17.9 Å². The first kappa shape index (κ1) is 19.4. The van der Waals surface area contributed by atoms with Gasteiger partial charge in [-0.05, 0) is 66.1 Å². The molecule has 0 aromatic heterocycles. The molecule has 5 heteroatoms. The predicted octanol–water partition coefficient (Wildman–Crippen LogP) is 4.67. The largest absolute Gasteiger partial charge is 0.497 e. The van der Waals surface area contributed by atoms with Gasteiger partial charge in [0.05, 0.1) is 13.5 Å². The van der Waals surface area contributed by atoms with Crippen LogP contribution in [0.2, 0.25) is 0 Å². The van der Waals surface area contributed by atoms with Crippen LogP contribution >= 0.6 is 0 Å². The van der Waals surface area contributed by atoms with Crippen LogP contribution in [0, 0.1) is 5.82 Å². The van der Waals surface area contributed by atoms with Crippen LogP contribution in [0.25, 0.3) is 0 Å². The molecular weight excluding hydrogens is 355 g/mol. The van der Waals surface area contributed by atoms with Crippen molar-refractivity contribution in [3.05, 3.63) is 89.7 Å². The molecule has 0 fully saturated rings. The van der Waals surface area contributed by atoms with Gasteiger partial charge in [0.1, 0.15) is 11.6 Å². The Bertz CT molecular complexity index is 891. The number of amides is 1. The van der Waals surface area contributed by atoms with Crippen molar-refractivity contribution in [2.45, 2.75) is 12.8 Å². The summed E-state index contributed by atoms with van der Waals surface area (Å²) in [5, 5.41) is 6.22. The lowest BCUT2D eigenvalue weighted by atomic mass is 10.1. The molecule has 3 aromatic rings. The molecule has 3 rings (SSSR count). The topological polar surface area (TPSA) is 50.4 Å². The molecule has 0 aliphatic carbocycles. The summed E-state index contributed by atoms with van der Waals surface area (Å²) in [7, 11) is 1.66. The van der Waals surface area contributed by atoms with E-state index in [1.807, 2.05) is 36.4 Å². The first-order valence-electron chi connectivity index (χ1n) is 9.13. The highest BCUT2D eigenvalue weighted by Crippen LogP contribution is 2.15. The maximum Gasteiger partial charge on any atom is 0.228 e. The SMILES string of the molecule is COc1ccc(CCNc2ccc(NC(=O)Cc3ccc(F)cc3)cc2)cc1. The van der Waals surface area contributed by atoms with Gasteiger partial charge in [0.25, 0.3) is 0 Å². The highest BCUT2D eigenvalue weighted by atomic mass is 19.1. The summed E-state index contributed by atoms with van der Waals surface area (Å²) in [5.74, 6) is 0.417. The van der Waals surface area contributed by atoms with Gasteiger partial charge in [0.2, 0.25) is 5.91 Å². The van der Waals surface area contributed by atoms with Gasteiger partial charge in [-0.3, -0.25) is 4.79 Å². The fraction of sp³-hybridized carbons (Fsp3) is 0.174. The quantitative estimate of drug-likeness (QED) is 0.599. The van der Waals surface area contributed by atoms with E-state index in [9.17, 15) is 9.18 Å². The average molecular weight is 378 g/mol. The minimum Gasteiger partial charge on any atom is -0.497 e. The molecule has 0 bridgehead atoms. The van der Waals surface area contributed by atoms with E-state index in [4.69, 9.17) is 4.74 Å². The molecule has 4 nitrogen and oxygen atoms in total. The lowest BCUT2D eigenvalue weighted by Crippen LogP contribution is -2.14. The van der Waals surface area contributed by atoms with Gasteiger partial charge in [-0.25, -0.2) is 4.39 Å². The smallest absolute Gasteiger partial charge is 0.228 e. The predicted molar refractivity (Wildman–Crippen MR) is 110 cm³/mol. The van der Waals surface area contributed by atoms with Gasteiger partial charge in [-0.2, -0.15) is 0 Å². The van der Waals surface area contributed by atoms with Crippen molar-refractivity contribution < 1.29 is 13.9 Å². The van der Waals surface area contributed by atoms with Crippen molar-refractivity contribution in [3.63, 3.8) is 0 Å². The Balaban J connectivity index is 1.44. The summed E-state index contributed by atoms with van der Waals surface area (Å²) in [6.07, 6.45) is 1.11. The number of hydrogen-bond acceptors (Lipinski definition) is 3. The first-order chi connectivity index (χ1) is 13.6. The molecule has 0 atom stereocenters. The summed E-state index contributed by atoms with van der Waals surface area (Å²) in [5.41, 5.74) is 3.73. The highest BCUT2D eigenvalue weighted by molar-refractivity contribution is 5.92. The molecule has 0 aliphatic heterocycles. The number of carbonyl (C=O) groups is 1. The minimum atomic E-state index is -0.306. The number of nitrogens with one attached hydrogen (secondary N) is 2. The zero-order valence-electron chi connectivity index (χ0n) is 15.7. The lowest BCUT2D eigenvalue weighted by molar-refractivity contribution is -0.115. The Kier molecular flexibility index (Phi) is 6.63. The highest BCUT2D eigenvalue weighted by Gasteiger charge is 2.05. The molecule has 0 spiro atoms. The zero-order chi connectivity index (χ0) is 19.8. The number of methoxy groups -OCH3 is 1. The van der Waals surface area contributed by atoms with Crippen LogP contribution in [-0.2, 0) is 17.6 Å². The van der Waals surface area contributed by atoms with E-state index in [1.54, 1.807) is 19.2 Å². The van der Waals surface area contributed by atoms with E-state index >= 15 is 0 Å². The molecule has 0 saturated heterocycles. The second-order valence-corrected chi connectivity index (χ2v) is 6.45. The van der Waals surface area contributed by atoms with Gasteiger partial charge in [-0.1, -0.05) is 24.3 Å². The molecule has 2 N–H and O–H groups in total. The van der Waals surface area contributed by atoms with Crippen LogP contribution < -0.4 is 15.4 Å². The van der Waals surface area contributed by atoms with Gasteiger partial charge in [0.15, 0.2) is 0 Å². The van der Waals surface area contributed by atoms with Gasteiger partial charge in [-0.15, -0.1) is 0 Å². The third kappa shape index (κ3) is 5.84. The maximum absolute atomic E-state index is 12.9. The number of halogens is 1. The van der Waals surface area contributed by atoms with Crippen molar-refractivity contribution in [2.24, 2.45) is 0 Å². The summed E-state index contributed by atoms with van der Waals surface area (Å²) in [6, 6.07) is 21.6. The molecule has 0 unspecified atom stereocenters. The summed E-state index contributed by atoms with van der Waals surface area (Å²) in [6.45, 7) is 0.808. The summed E-state index contributed by atoms with van der Waals surface area (Å²) in [4.78, 5) is 12.1. The number of carbonyl (C=O) groups excluding carboxylic acids is 1. The van der Waals surface area contributed by atoms with E-state index in [1.165, 1.54) is 17.7 Å². The molecule has 1 amide bonds. The Labute approximate surface area is 164 Å². The van der Waals surface area contributed by atoms with Crippen LogP contribution in [-0.4, -0.2) is 19.6 Å². The molecule has 28 heavy (non-hydrogen) atoms. The summed E-state index contributed by atoms with van der Waals surface area (Å²) >= 11 is 0. The summed E-state index contributed by atoms with van der Waals surface area (Å²) < 4.78 is 18.1. The number of benzene rings is 3. The molecule has 0 aliphatic rings. The molecular formula is C23H23FN2O2. The second-order valence-electron chi connectivity index (χ2n) is 6.45. The normalized spacial score (nSPS) is 10.4. The maximum atomic E-state index is 12.9. The number of anilines is 2. The third-order valence-electron chi connectivity index (χ3n) is 4.35. The van der Waals surface area contributed by atoms with E-state index < -0.39 is 0 Å². The van der Waals surface area contributed by atoms with Crippen LogP contribution in [0.3, 0.4) is 0 Å². The van der Waals surface area contributed by atoms with Crippen molar-refractivity contribution >= 4 is 17.3 Å². The van der Waals surface area contributed by atoms with Crippen LogP contribution in [0.4, 0.5) is 15.8 Å². The van der Waals surface area contributed by atoms with Crippen molar-refractivity contribution in [1.82, 2.24) is 0 Å². The monoisotopic (exact) mass is 378 g/mol. The standard InChI is InChI=1S/C23H23FN2O2/c1-28-22-12-4-17(5-13-22)14-15-25-20-8-10-21(11-9-20)26-23(27)16-18-2-6-19(24)7-3-18/h2-13,25H,14-16H2,1H3,(H,26,27). The molecule has 3 aromatic carbocycles. The average Bonchev–Trinajstić information content (AvgIpc) is 2.71. The van der Waals surface area contributed by atoms with Crippen molar-refractivity contribution in [1.29, 1.82) is 0 Å². The van der Waals surface area contributed by atoms with E-state index in [0.29, 0.717) is 0 Å². The molecule has 0 radical (unpaired) electrons. The number of ether oxygens (including phenoxy) is 1. The van der Waals surface area contributed by atoms with Gasteiger partial charge < -0.3 is 15.4 Å². The Morgan fingerprint density at radius 1 is 0.857 bits per heavy atom. The first-order valence-corrected chi connectivity index (χ1v) is 9.13. The fourth-order valence-corrected chi connectivity index (χ4v) is 2.81. The Morgan fingerprint density at radius 2 is 1.46 bits per heavy atom. The molecule has 144 valence electrons. The van der Waals surface area contributed by atoms with Crippen molar-refractivity contribution in [2.75, 3.05) is 24.3 Å². The zero-order valence-corrected chi connectivity index (χ0v) is 15.7. The minimum absolute atomic E-state index is 0.133. The van der Waals surface area contributed by atoms with E-state index in [-0.39, 0.29) is 18.1 Å². The Hall–Kier alpha value is -3.34. The van der Waals surface area contributed by atoms with Crippen LogP contribution in [0.15, 0.2) is 72.8 Å². The molecule has 0 heterocycles. The second kappa shape index (κ2) is 9.55. The number of rotatable bonds is 8. The Morgan fingerprint density at radius 3 is 2.11 bits per heavy atom. The van der Waals surface area contributed by atoms with E-state index in [0.717, 1.165) is 35.7 Å².